The number of hydrogen-bond donors (Lipinski definition) is 3. The van der Waals surface area contributed by atoms with Crippen LogP contribution in [0.3, 0.4) is 0 Å². The van der Waals surface area contributed by atoms with Crippen molar-refractivity contribution >= 4 is 27.6 Å². The summed E-state index contributed by atoms with van der Waals surface area (Å²) in [4.78, 5) is 11.2. The van der Waals surface area contributed by atoms with Crippen LogP contribution >= 0.6 is 15.9 Å². The maximum absolute atomic E-state index is 12.4. The van der Waals surface area contributed by atoms with Gasteiger partial charge in [0, 0.05) is 11.0 Å². The van der Waals surface area contributed by atoms with Crippen molar-refractivity contribution in [3.8, 4) is 0 Å². The summed E-state index contributed by atoms with van der Waals surface area (Å²) in [6.45, 7) is -0.161. The van der Waals surface area contributed by atoms with E-state index in [9.17, 15) is 18.0 Å². The van der Waals surface area contributed by atoms with Crippen molar-refractivity contribution in [2.24, 2.45) is 0 Å². The van der Waals surface area contributed by atoms with Crippen LogP contribution in [0.1, 0.15) is 5.56 Å². The van der Waals surface area contributed by atoms with Gasteiger partial charge >= 0.3 is 12.2 Å². The molecule has 0 unspecified atom stereocenters. The molecule has 1 aromatic rings. The van der Waals surface area contributed by atoms with Crippen LogP contribution in [0.4, 0.5) is 23.7 Å². The van der Waals surface area contributed by atoms with Crippen LogP contribution in [0, 0.1) is 0 Å². The molecule has 18 heavy (non-hydrogen) atoms. The molecular formula is C10H10BrF3N2O2. The highest BCUT2D eigenvalue weighted by atomic mass is 79.9. The van der Waals surface area contributed by atoms with E-state index in [1.54, 1.807) is 0 Å². The molecule has 1 rings (SSSR count). The van der Waals surface area contributed by atoms with Gasteiger partial charge in [-0.2, -0.15) is 13.2 Å². The summed E-state index contributed by atoms with van der Waals surface area (Å²) < 4.78 is 37.3. The highest BCUT2D eigenvalue weighted by Crippen LogP contribution is 2.33. The van der Waals surface area contributed by atoms with Gasteiger partial charge in [0.1, 0.15) is 0 Å². The van der Waals surface area contributed by atoms with E-state index in [-0.39, 0.29) is 23.3 Å². The molecule has 100 valence electrons. The summed E-state index contributed by atoms with van der Waals surface area (Å²) in [7, 11) is 0. The lowest BCUT2D eigenvalue weighted by Crippen LogP contribution is -2.31. The van der Waals surface area contributed by atoms with Crippen LogP contribution in [0.15, 0.2) is 22.7 Å². The van der Waals surface area contributed by atoms with Crippen molar-refractivity contribution < 1.29 is 23.1 Å². The molecule has 0 spiro atoms. The van der Waals surface area contributed by atoms with Gasteiger partial charge in [-0.15, -0.1) is 0 Å². The molecule has 0 aliphatic heterocycles. The van der Waals surface area contributed by atoms with Gasteiger partial charge in [-0.3, -0.25) is 0 Å². The van der Waals surface area contributed by atoms with E-state index in [1.165, 1.54) is 0 Å². The molecule has 1 aromatic carbocycles. The third-order valence-corrected chi connectivity index (χ3v) is 2.60. The molecular weight excluding hydrogens is 317 g/mol. The first kappa shape index (κ1) is 14.8. The highest BCUT2D eigenvalue weighted by molar-refractivity contribution is 9.10. The van der Waals surface area contributed by atoms with Gasteiger partial charge < -0.3 is 15.7 Å². The molecule has 0 aromatic heterocycles. The van der Waals surface area contributed by atoms with E-state index in [2.05, 4.69) is 26.6 Å². The second-order valence-electron chi connectivity index (χ2n) is 3.30. The van der Waals surface area contributed by atoms with E-state index in [1.807, 2.05) is 0 Å². The maximum atomic E-state index is 12.4. The topological polar surface area (TPSA) is 61.4 Å². The van der Waals surface area contributed by atoms with Gasteiger partial charge in [-0.25, -0.2) is 4.79 Å². The first-order valence-corrected chi connectivity index (χ1v) is 5.66. The van der Waals surface area contributed by atoms with Crippen molar-refractivity contribution in [3.05, 3.63) is 28.2 Å². The Morgan fingerprint density at radius 3 is 2.56 bits per heavy atom. The van der Waals surface area contributed by atoms with Crippen LogP contribution in [0.25, 0.3) is 0 Å². The van der Waals surface area contributed by atoms with E-state index >= 15 is 0 Å². The molecule has 3 N–H and O–H groups in total. The van der Waals surface area contributed by atoms with Crippen LogP contribution < -0.4 is 10.6 Å². The van der Waals surface area contributed by atoms with Crippen molar-refractivity contribution in [1.82, 2.24) is 5.32 Å². The Labute approximate surface area is 109 Å². The summed E-state index contributed by atoms with van der Waals surface area (Å²) in [5.74, 6) is 0. The smallest absolute Gasteiger partial charge is 0.395 e. The van der Waals surface area contributed by atoms with Gasteiger partial charge in [0.2, 0.25) is 0 Å². The number of urea groups is 1. The van der Waals surface area contributed by atoms with Crippen LogP contribution in [-0.2, 0) is 6.18 Å². The molecule has 0 saturated heterocycles. The Morgan fingerprint density at radius 2 is 2.06 bits per heavy atom. The molecule has 0 bridgehead atoms. The molecule has 0 aliphatic carbocycles. The van der Waals surface area contributed by atoms with Crippen LogP contribution in [-0.4, -0.2) is 24.3 Å². The minimum atomic E-state index is -4.43. The monoisotopic (exact) mass is 326 g/mol. The maximum Gasteiger partial charge on any atom is 0.416 e. The Kier molecular flexibility index (Phi) is 4.97. The molecule has 4 nitrogen and oxygen atoms in total. The predicted molar refractivity (Wildman–Crippen MR) is 63.3 cm³/mol. The zero-order valence-electron chi connectivity index (χ0n) is 9.01. The summed E-state index contributed by atoms with van der Waals surface area (Å²) >= 11 is 2.94. The molecule has 0 radical (unpaired) electrons. The summed E-state index contributed by atoms with van der Waals surface area (Å²) in [5.41, 5.74) is -0.603. The first-order chi connectivity index (χ1) is 8.34. The normalized spacial score (nSPS) is 11.2. The third kappa shape index (κ3) is 4.19. The number of halogens is 4. The zero-order valence-corrected chi connectivity index (χ0v) is 10.6. The largest absolute Gasteiger partial charge is 0.416 e. The Balaban J connectivity index is 2.77. The Hall–Kier alpha value is -1.28. The number of aliphatic hydroxyl groups is 1. The number of anilines is 1. The molecule has 0 heterocycles. The zero-order chi connectivity index (χ0) is 13.8. The number of aliphatic hydroxyl groups excluding tert-OH is 1. The minimum Gasteiger partial charge on any atom is -0.395 e. The van der Waals surface area contributed by atoms with Gasteiger partial charge in [0.05, 0.1) is 17.9 Å². The van der Waals surface area contributed by atoms with E-state index in [0.29, 0.717) is 0 Å². The lowest BCUT2D eigenvalue weighted by atomic mass is 10.2. The van der Waals surface area contributed by atoms with Crippen LogP contribution in [0.5, 0.6) is 0 Å². The highest BCUT2D eigenvalue weighted by Gasteiger charge is 2.30. The van der Waals surface area contributed by atoms with Crippen molar-refractivity contribution in [2.75, 3.05) is 18.5 Å². The fourth-order valence-electron chi connectivity index (χ4n) is 1.13. The Bertz CT molecular complexity index is 438. The fourth-order valence-corrected chi connectivity index (χ4v) is 1.61. The van der Waals surface area contributed by atoms with Crippen molar-refractivity contribution in [2.45, 2.75) is 6.18 Å². The van der Waals surface area contributed by atoms with Crippen LogP contribution in [0.2, 0.25) is 0 Å². The van der Waals surface area contributed by atoms with E-state index < -0.39 is 17.8 Å². The number of carbonyl (C=O) groups is 1. The average molecular weight is 327 g/mol. The standard InChI is InChI=1S/C10H10BrF3N2O2/c11-7-5-6(10(12,13)14)1-2-8(7)16-9(18)15-3-4-17/h1-2,5,17H,3-4H2,(H2,15,16,18). The molecule has 0 saturated carbocycles. The minimum absolute atomic E-state index is 0.0596. The van der Waals surface area contributed by atoms with Gasteiger partial charge in [-0.1, -0.05) is 0 Å². The summed E-state index contributed by atoms with van der Waals surface area (Å²) in [6.07, 6.45) is -4.43. The van der Waals surface area contributed by atoms with Gasteiger partial charge in [-0.05, 0) is 34.1 Å². The third-order valence-electron chi connectivity index (χ3n) is 1.94. The lowest BCUT2D eigenvalue weighted by molar-refractivity contribution is -0.137. The van der Waals surface area contributed by atoms with Crippen molar-refractivity contribution in [3.63, 3.8) is 0 Å². The number of amides is 2. The van der Waals surface area contributed by atoms with E-state index in [4.69, 9.17) is 5.11 Å². The number of carbonyl (C=O) groups excluding carboxylic acids is 1. The molecule has 8 heteroatoms. The second-order valence-corrected chi connectivity index (χ2v) is 4.15. The fraction of sp³-hybridized carbons (Fsp3) is 0.300. The number of nitrogens with one attached hydrogen (secondary N) is 2. The second kappa shape index (κ2) is 6.05. The molecule has 0 fully saturated rings. The Morgan fingerprint density at radius 1 is 1.39 bits per heavy atom. The number of hydrogen-bond acceptors (Lipinski definition) is 2. The molecule has 0 aliphatic rings. The SMILES string of the molecule is O=C(NCCO)Nc1ccc(C(F)(F)F)cc1Br. The number of benzene rings is 1. The summed E-state index contributed by atoms with van der Waals surface area (Å²) in [6, 6.07) is 2.28. The van der Waals surface area contributed by atoms with Gasteiger partial charge in [0.15, 0.2) is 0 Å². The van der Waals surface area contributed by atoms with Crippen molar-refractivity contribution in [1.29, 1.82) is 0 Å². The van der Waals surface area contributed by atoms with Gasteiger partial charge in [0.25, 0.3) is 0 Å². The lowest BCUT2D eigenvalue weighted by Gasteiger charge is -2.11. The molecule has 0 atom stereocenters. The molecule has 2 amide bonds. The number of rotatable bonds is 3. The first-order valence-electron chi connectivity index (χ1n) is 4.87. The summed E-state index contributed by atoms with van der Waals surface area (Å²) in [5, 5.41) is 13.1. The quantitative estimate of drug-likeness (QED) is 0.799. The average Bonchev–Trinajstić information content (AvgIpc) is 2.27. The number of alkyl halides is 3. The van der Waals surface area contributed by atoms with E-state index in [0.717, 1.165) is 18.2 Å². The predicted octanol–water partition coefficient (Wildman–Crippen LogP) is 2.58.